The first-order chi connectivity index (χ1) is 11.8. The van der Waals surface area contributed by atoms with Gasteiger partial charge in [-0.15, -0.1) is 0 Å². The van der Waals surface area contributed by atoms with E-state index in [4.69, 9.17) is 17.0 Å². The molecule has 0 bridgehead atoms. The van der Waals surface area contributed by atoms with Crippen molar-refractivity contribution >= 4 is 24.5 Å². The summed E-state index contributed by atoms with van der Waals surface area (Å²) < 4.78 is 7.26. The molecule has 5 nitrogen and oxygen atoms in total. The Kier molecular flexibility index (Phi) is 4.98. The number of ether oxygens (including phenoxy) is 1. The number of benzene rings is 2. The van der Waals surface area contributed by atoms with Crippen LogP contribution in [-0.2, 0) is 0 Å². The maximum absolute atomic E-state index is 5.25. The highest BCUT2D eigenvalue weighted by molar-refractivity contribution is 7.71. The SMILES string of the molecule is COc1cccc(-c2n[nH]c(=S)n2/N=C\C=C\c2ccccc2)c1. The zero-order valence-electron chi connectivity index (χ0n) is 13.1. The fourth-order valence-electron chi connectivity index (χ4n) is 2.17. The van der Waals surface area contributed by atoms with E-state index in [0.717, 1.165) is 16.9 Å². The molecule has 3 rings (SSSR count). The quantitative estimate of drug-likeness (QED) is 0.562. The monoisotopic (exact) mass is 336 g/mol. The first-order valence-electron chi connectivity index (χ1n) is 7.36. The fourth-order valence-corrected chi connectivity index (χ4v) is 2.35. The Morgan fingerprint density at radius 3 is 2.79 bits per heavy atom. The van der Waals surface area contributed by atoms with Gasteiger partial charge in [0.05, 0.1) is 7.11 Å². The molecule has 0 radical (unpaired) electrons. The van der Waals surface area contributed by atoms with Crippen molar-refractivity contribution in [1.29, 1.82) is 0 Å². The van der Waals surface area contributed by atoms with E-state index in [-0.39, 0.29) is 0 Å². The molecule has 0 aliphatic carbocycles. The molecule has 6 heteroatoms. The minimum Gasteiger partial charge on any atom is -0.497 e. The smallest absolute Gasteiger partial charge is 0.216 e. The summed E-state index contributed by atoms with van der Waals surface area (Å²) in [7, 11) is 1.63. The Bertz CT molecular complexity index is 925. The molecule has 2 aromatic carbocycles. The van der Waals surface area contributed by atoms with Crippen molar-refractivity contribution in [2.45, 2.75) is 0 Å². The van der Waals surface area contributed by atoms with Crippen LogP contribution in [0.4, 0.5) is 0 Å². The minimum absolute atomic E-state index is 0.428. The molecule has 0 saturated carbocycles. The number of hydrogen-bond acceptors (Lipinski definition) is 4. The standard InChI is InChI=1S/C18H16N4OS/c1-23-16-11-5-10-15(13-16)17-20-21-18(24)22(17)19-12-6-9-14-7-3-2-4-8-14/h2-13H,1H3,(H,21,24)/b9-6+,19-12-. The third-order valence-electron chi connectivity index (χ3n) is 3.33. The van der Waals surface area contributed by atoms with Gasteiger partial charge in [0, 0.05) is 11.8 Å². The van der Waals surface area contributed by atoms with Crippen LogP contribution >= 0.6 is 12.2 Å². The number of allylic oxidation sites excluding steroid dienone is 1. The van der Waals surface area contributed by atoms with Crippen LogP contribution in [0.3, 0.4) is 0 Å². The number of hydrogen-bond donors (Lipinski definition) is 1. The van der Waals surface area contributed by atoms with Crippen LogP contribution in [0.5, 0.6) is 5.75 Å². The van der Waals surface area contributed by atoms with Gasteiger partial charge in [0.15, 0.2) is 5.82 Å². The third kappa shape index (κ3) is 3.67. The minimum atomic E-state index is 0.428. The number of methoxy groups -OCH3 is 1. The summed E-state index contributed by atoms with van der Waals surface area (Å²) in [5, 5.41) is 11.4. The molecule has 3 aromatic rings. The molecule has 0 fully saturated rings. The summed E-state index contributed by atoms with van der Waals surface area (Å²) in [6.07, 6.45) is 5.51. The molecule has 0 amide bonds. The maximum Gasteiger partial charge on any atom is 0.216 e. The van der Waals surface area contributed by atoms with Gasteiger partial charge in [-0.05, 0) is 36.0 Å². The number of aromatic amines is 1. The molecule has 120 valence electrons. The predicted octanol–water partition coefficient (Wildman–Crippen LogP) is 4.16. The van der Waals surface area contributed by atoms with E-state index < -0.39 is 0 Å². The van der Waals surface area contributed by atoms with Crippen molar-refractivity contribution in [3.63, 3.8) is 0 Å². The summed E-state index contributed by atoms with van der Waals surface area (Å²) in [4.78, 5) is 0. The van der Waals surface area contributed by atoms with Gasteiger partial charge in [-0.3, -0.25) is 0 Å². The molecule has 0 saturated heterocycles. The zero-order chi connectivity index (χ0) is 16.8. The zero-order valence-corrected chi connectivity index (χ0v) is 13.9. The number of H-pyrrole nitrogens is 1. The molecular weight excluding hydrogens is 320 g/mol. The number of aromatic nitrogens is 3. The van der Waals surface area contributed by atoms with Gasteiger partial charge in [-0.2, -0.15) is 14.9 Å². The van der Waals surface area contributed by atoms with Gasteiger partial charge in [0.1, 0.15) is 5.75 Å². The predicted molar refractivity (Wildman–Crippen MR) is 98.8 cm³/mol. The molecule has 0 spiro atoms. The van der Waals surface area contributed by atoms with E-state index in [0.29, 0.717) is 10.6 Å². The van der Waals surface area contributed by atoms with Crippen LogP contribution in [0.25, 0.3) is 17.5 Å². The lowest BCUT2D eigenvalue weighted by molar-refractivity contribution is 0.415. The highest BCUT2D eigenvalue weighted by Gasteiger charge is 2.08. The molecule has 0 aliphatic rings. The van der Waals surface area contributed by atoms with Gasteiger partial charge >= 0.3 is 0 Å². The molecule has 0 aliphatic heterocycles. The second-order valence-corrected chi connectivity index (χ2v) is 5.32. The normalized spacial score (nSPS) is 11.4. The van der Waals surface area contributed by atoms with Crippen molar-refractivity contribution in [2.24, 2.45) is 5.10 Å². The van der Waals surface area contributed by atoms with E-state index >= 15 is 0 Å². The first kappa shape index (κ1) is 15.9. The van der Waals surface area contributed by atoms with E-state index in [9.17, 15) is 0 Å². The lowest BCUT2D eigenvalue weighted by Gasteiger charge is -2.03. The first-order valence-corrected chi connectivity index (χ1v) is 7.76. The molecule has 0 unspecified atom stereocenters. The highest BCUT2D eigenvalue weighted by atomic mass is 32.1. The largest absolute Gasteiger partial charge is 0.497 e. The summed E-state index contributed by atoms with van der Waals surface area (Å²) in [5.41, 5.74) is 1.97. The molecule has 0 atom stereocenters. The van der Waals surface area contributed by atoms with Gasteiger partial charge in [0.2, 0.25) is 4.77 Å². The lowest BCUT2D eigenvalue weighted by atomic mass is 10.2. The van der Waals surface area contributed by atoms with Crippen molar-refractivity contribution < 1.29 is 4.74 Å². The number of nitrogens with zero attached hydrogens (tertiary/aromatic N) is 3. The Balaban J connectivity index is 1.86. The molecule has 1 N–H and O–H groups in total. The Morgan fingerprint density at radius 2 is 2.00 bits per heavy atom. The van der Waals surface area contributed by atoms with Gasteiger partial charge in [-0.1, -0.05) is 48.5 Å². The van der Waals surface area contributed by atoms with Crippen molar-refractivity contribution in [2.75, 3.05) is 7.11 Å². The van der Waals surface area contributed by atoms with Gasteiger partial charge in [0.25, 0.3) is 0 Å². The van der Waals surface area contributed by atoms with Crippen LogP contribution in [0.1, 0.15) is 5.56 Å². The second-order valence-electron chi connectivity index (χ2n) is 4.93. The fraction of sp³-hybridized carbons (Fsp3) is 0.0556. The second kappa shape index (κ2) is 7.52. The van der Waals surface area contributed by atoms with Crippen LogP contribution in [0.15, 0.2) is 65.8 Å². The Morgan fingerprint density at radius 1 is 1.17 bits per heavy atom. The summed E-state index contributed by atoms with van der Waals surface area (Å²) >= 11 is 5.25. The molecular formula is C18H16N4OS. The van der Waals surface area contributed by atoms with Crippen molar-refractivity contribution in [1.82, 2.24) is 14.9 Å². The van der Waals surface area contributed by atoms with Crippen molar-refractivity contribution in [3.05, 3.63) is 71.0 Å². The summed E-state index contributed by atoms with van der Waals surface area (Å²) in [6, 6.07) is 17.6. The molecule has 1 heterocycles. The van der Waals surface area contributed by atoms with E-state index in [1.165, 1.54) is 0 Å². The Labute approximate surface area is 144 Å². The molecule has 1 aromatic heterocycles. The van der Waals surface area contributed by atoms with E-state index in [2.05, 4.69) is 15.3 Å². The topological polar surface area (TPSA) is 55.2 Å². The van der Waals surface area contributed by atoms with Crippen molar-refractivity contribution in [3.8, 4) is 17.1 Å². The third-order valence-corrected chi connectivity index (χ3v) is 3.60. The molecule has 24 heavy (non-hydrogen) atoms. The van der Waals surface area contributed by atoms with Crippen LogP contribution in [-0.4, -0.2) is 28.2 Å². The number of rotatable bonds is 5. The average Bonchev–Trinajstić information content (AvgIpc) is 3.00. The van der Waals surface area contributed by atoms with Crippen LogP contribution < -0.4 is 4.74 Å². The van der Waals surface area contributed by atoms with E-state index in [1.54, 1.807) is 18.0 Å². The maximum atomic E-state index is 5.25. The van der Waals surface area contributed by atoms with Gasteiger partial charge in [-0.25, -0.2) is 5.10 Å². The highest BCUT2D eigenvalue weighted by Crippen LogP contribution is 2.22. The average molecular weight is 336 g/mol. The lowest BCUT2D eigenvalue weighted by Crippen LogP contribution is -1.94. The Hall–Kier alpha value is -2.99. The van der Waals surface area contributed by atoms with Gasteiger partial charge < -0.3 is 4.74 Å². The van der Waals surface area contributed by atoms with Crippen LogP contribution in [0, 0.1) is 4.77 Å². The summed E-state index contributed by atoms with van der Waals surface area (Å²) in [6.45, 7) is 0. The van der Waals surface area contributed by atoms with E-state index in [1.807, 2.05) is 66.7 Å². The van der Waals surface area contributed by atoms with Crippen LogP contribution in [0.2, 0.25) is 0 Å². The number of nitrogens with one attached hydrogen (secondary N) is 1. The summed E-state index contributed by atoms with van der Waals surface area (Å²) in [5.74, 6) is 1.38.